The number of hydrogen-bond acceptors (Lipinski definition) is 5. The van der Waals surface area contributed by atoms with Gasteiger partial charge in [-0.3, -0.25) is 9.59 Å². The van der Waals surface area contributed by atoms with Crippen LogP contribution in [0.15, 0.2) is 114 Å². The highest BCUT2D eigenvalue weighted by Gasteiger charge is 2.33. The van der Waals surface area contributed by atoms with Gasteiger partial charge in [-0.15, -0.1) is 0 Å². The molecule has 5 aromatic rings. The second-order valence-corrected chi connectivity index (χ2v) is 8.94. The number of rotatable bonds is 6. The topological polar surface area (TPSA) is 89.0 Å². The van der Waals surface area contributed by atoms with Crippen LogP contribution in [0.3, 0.4) is 0 Å². The van der Waals surface area contributed by atoms with Crippen molar-refractivity contribution < 1.29 is 9.53 Å². The SMILES string of the molecule is COc1ccc(C2=C(Nc3cc(=O)cc[nH]3)Cc3c(-c4ccccc4)c(-c4ccccc4)nn3C2=O)cc1. The number of hydrogen-bond donors (Lipinski definition) is 2. The summed E-state index contributed by atoms with van der Waals surface area (Å²) in [7, 11) is 1.60. The van der Waals surface area contributed by atoms with E-state index in [1.165, 1.54) is 16.8 Å². The number of aromatic amines is 1. The van der Waals surface area contributed by atoms with Crippen LogP contribution in [0.5, 0.6) is 5.75 Å². The fourth-order valence-corrected chi connectivity index (χ4v) is 4.82. The first-order valence-electron chi connectivity index (χ1n) is 12.2. The van der Waals surface area contributed by atoms with Crippen LogP contribution in [0.25, 0.3) is 28.0 Å². The van der Waals surface area contributed by atoms with Crippen LogP contribution in [-0.4, -0.2) is 27.8 Å². The fourth-order valence-electron chi connectivity index (χ4n) is 4.82. The Morgan fingerprint density at radius 2 is 1.53 bits per heavy atom. The van der Waals surface area contributed by atoms with E-state index in [1.807, 2.05) is 84.9 Å². The van der Waals surface area contributed by atoms with Crippen molar-refractivity contribution in [2.75, 3.05) is 12.4 Å². The number of benzene rings is 3. The number of anilines is 1. The predicted octanol–water partition coefficient (Wildman–Crippen LogP) is 5.63. The summed E-state index contributed by atoms with van der Waals surface area (Å²) < 4.78 is 6.84. The Hall–Kier alpha value is -5.17. The summed E-state index contributed by atoms with van der Waals surface area (Å²) in [4.78, 5) is 29.3. The molecule has 186 valence electrons. The van der Waals surface area contributed by atoms with Gasteiger partial charge >= 0.3 is 0 Å². The number of carbonyl (C=O) groups is 1. The maximum atomic E-state index is 14.2. The maximum absolute atomic E-state index is 14.2. The Balaban J connectivity index is 1.56. The van der Waals surface area contributed by atoms with Gasteiger partial charge in [-0.25, -0.2) is 0 Å². The monoisotopic (exact) mass is 500 g/mol. The van der Waals surface area contributed by atoms with Crippen molar-refractivity contribution in [3.63, 3.8) is 0 Å². The third-order valence-electron chi connectivity index (χ3n) is 6.58. The van der Waals surface area contributed by atoms with Gasteiger partial charge in [0.15, 0.2) is 5.43 Å². The van der Waals surface area contributed by atoms with Crippen molar-refractivity contribution in [2.24, 2.45) is 0 Å². The summed E-state index contributed by atoms with van der Waals surface area (Å²) in [5, 5.41) is 8.19. The molecular weight excluding hydrogens is 476 g/mol. The molecule has 0 radical (unpaired) electrons. The standard InChI is InChI=1S/C31H24N4O3/c1-38-24-14-12-21(13-15-24)28-25(33-27-18-23(36)16-17-32-27)19-26-29(20-8-4-2-5-9-20)30(34-35(26)31(28)37)22-10-6-3-7-11-22/h2-18H,19H2,1H3,(H2,32,33,36). The number of ether oxygens (including phenoxy) is 1. The normalized spacial score (nSPS) is 12.8. The lowest BCUT2D eigenvalue weighted by atomic mass is 9.92. The number of allylic oxidation sites excluding steroid dienone is 2. The Labute approximate surface area is 219 Å². The van der Waals surface area contributed by atoms with Gasteiger partial charge in [-0.1, -0.05) is 72.8 Å². The molecule has 0 saturated heterocycles. The van der Waals surface area contributed by atoms with Crippen molar-refractivity contribution in [3.05, 3.63) is 130 Å². The average Bonchev–Trinajstić information content (AvgIpc) is 3.34. The minimum Gasteiger partial charge on any atom is -0.497 e. The summed E-state index contributed by atoms with van der Waals surface area (Å²) in [5.41, 5.74) is 6.05. The number of nitrogens with one attached hydrogen (secondary N) is 2. The molecule has 0 bridgehead atoms. The summed E-state index contributed by atoms with van der Waals surface area (Å²) >= 11 is 0. The minimum absolute atomic E-state index is 0.138. The molecule has 0 fully saturated rings. The van der Waals surface area contributed by atoms with Crippen LogP contribution < -0.4 is 15.5 Å². The van der Waals surface area contributed by atoms with E-state index in [1.54, 1.807) is 13.3 Å². The Morgan fingerprint density at radius 1 is 0.842 bits per heavy atom. The summed E-state index contributed by atoms with van der Waals surface area (Å²) in [6.07, 6.45) is 1.98. The zero-order valence-electron chi connectivity index (χ0n) is 20.6. The van der Waals surface area contributed by atoms with Gasteiger partial charge in [0, 0.05) is 41.6 Å². The number of methoxy groups -OCH3 is 1. The van der Waals surface area contributed by atoms with Crippen molar-refractivity contribution in [1.82, 2.24) is 14.8 Å². The number of H-pyrrole nitrogens is 1. The molecule has 2 N–H and O–H groups in total. The zero-order valence-corrected chi connectivity index (χ0v) is 20.6. The molecule has 0 unspecified atom stereocenters. The van der Waals surface area contributed by atoms with E-state index in [9.17, 15) is 9.59 Å². The minimum atomic E-state index is -0.253. The van der Waals surface area contributed by atoms with E-state index in [2.05, 4.69) is 10.3 Å². The summed E-state index contributed by atoms with van der Waals surface area (Å²) in [5.74, 6) is 0.942. The molecule has 1 aliphatic heterocycles. The third-order valence-corrected chi connectivity index (χ3v) is 6.58. The van der Waals surface area contributed by atoms with Crippen LogP contribution >= 0.6 is 0 Å². The molecule has 0 amide bonds. The van der Waals surface area contributed by atoms with Gasteiger partial charge in [0.25, 0.3) is 5.91 Å². The molecule has 0 atom stereocenters. The molecule has 0 spiro atoms. The highest BCUT2D eigenvalue weighted by molar-refractivity contribution is 6.23. The van der Waals surface area contributed by atoms with Gasteiger partial charge in [-0.05, 0) is 23.3 Å². The largest absolute Gasteiger partial charge is 0.497 e. The van der Waals surface area contributed by atoms with Crippen molar-refractivity contribution in [3.8, 4) is 28.1 Å². The number of nitrogens with zero attached hydrogens (tertiary/aromatic N) is 2. The number of carbonyl (C=O) groups excluding carboxylic acids is 1. The quantitative estimate of drug-likeness (QED) is 0.315. The second kappa shape index (κ2) is 9.71. The highest BCUT2D eigenvalue weighted by atomic mass is 16.5. The van der Waals surface area contributed by atoms with Crippen molar-refractivity contribution >= 4 is 17.3 Å². The zero-order chi connectivity index (χ0) is 26.1. The number of aromatic nitrogens is 3. The van der Waals surface area contributed by atoms with Crippen LogP contribution in [-0.2, 0) is 6.42 Å². The van der Waals surface area contributed by atoms with Crippen LogP contribution in [0.1, 0.15) is 16.1 Å². The second-order valence-electron chi connectivity index (χ2n) is 8.94. The number of pyridine rings is 1. The predicted molar refractivity (Wildman–Crippen MR) is 148 cm³/mol. The summed E-state index contributed by atoms with van der Waals surface area (Å²) in [6, 6.07) is 30.1. The highest BCUT2D eigenvalue weighted by Crippen LogP contribution is 2.40. The smallest absolute Gasteiger partial charge is 0.280 e. The van der Waals surface area contributed by atoms with Crippen molar-refractivity contribution in [1.29, 1.82) is 0 Å². The first-order valence-corrected chi connectivity index (χ1v) is 12.2. The molecule has 3 heterocycles. The van der Waals surface area contributed by atoms with Crippen LogP contribution in [0.4, 0.5) is 5.82 Å². The first kappa shape index (κ1) is 23.2. The van der Waals surface area contributed by atoms with Gasteiger partial charge in [-0.2, -0.15) is 9.78 Å². The van der Waals surface area contributed by atoms with E-state index < -0.39 is 0 Å². The molecule has 7 nitrogen and oxygen atoms in total. The lowest BCUT2D eigenvalue weighted by Crippen LogP contribution is -2.27. The fraction of sp³-hybridized carbons (Fsp3) is 0.0645. The van der Waals surface area contributed by atoms with E-state index in [-0.39, 0.29) is 11.3 Å². The molecule has 1 aliphatic rings. The molecule has 0 aliphatic carbocycles. The molecule has 7 heteroatoms. The molecule has 3 aromatic carbocycles. The van der Waals surface area contributed by atoms with E-state index in [0.29, 0.717) is 29.3 Å². The first-order chi connectivity index (χ1) is 18.6. The van der Waals surface area contributed by atoms with Gasteiger partial charge in [0.05, 0.1) is 18.4 Å². The Bertz CT molecular complexity index is 1720. The molecule has 0 saturated carbocycles. The molecule has 6 rings (SSSR count). The maximum Gasteiger partial charge on any atom is 0.280 e. The van der Waals surface area contributed by atoms with E-state index in [4.69, 9.17) is 9.84 Å². The third kappa shape index (κ3) is 4.20. The molecule has 2 aromatic heterocycles. The van der Waals surface area contributed by atoms with Gasteiger partial charge < -0.3 is 15.0 Å². The van der Waals surface area contributed by atoms with Gasteiger partial charge in [0.2, 0.25) is 0 Å². The van der Waals surface area contributed by atoms with Gasteiger partial charge in [0.1, 0.15) is 17.3 Å². The van der Waals surface area contributed by atoms with E-state index >= 15 is 0 Å². The molecule has 38 heavy (non-hydrogen) atoms. The average molecular weight is 501 g/mol. The van der Waals surface area contributed by atoms with Crippen molar-refractivity contribution in [2.45, 2.75) is 6.42 Å². The Kier molecular flexibility index (Phi) is 5.94. The molecular formula is C31H24N4O3. The van der Waals surface area contributed by atoms with Crippen LogP contribution in [0, 0.1) is 0 Å². The number of fused-ring (bicyclic) bond motifs is 1. The summed E-state index contributed by atoms with van der Waals surface area (Å²) in [6.45, 7) is 0. The van der Waals surface area contributed by atoms with Crippen LogP contribution in [0.2, 0.25) is 0 Å². The Morgan fingerprint density at radius 3 is 2.18 bits per heavy atom. The lowest BCUT2D eigenvalue weighted by Gasteiger charge is -2.23. The lowest BCUT2D eigenvalue weighted by molar-refractivity contribution is 0.0958. The van der Waals surface area contributed by atoms with E-state index in [0.717, 1.165) is 33.6 Å².